The van der Waals surface area contributed by atoms with Crippen LogP contribution in [0.2, 0.25) is 0 Å². The van der Waals surface area contributed by atoms with Crippen molar-refractivity contribution in [2.24, 2.45) is 0 Å². The van der Waals surface area contributed by atoms with E-state index in [1.165, 1.54) is 4.90 Å². The van der Waals surface area contributed by atoms with E-state index >= 15 is 0 Å². The molecular formula is C12H16F3N3O2. The zero-order valence-corrected chi connectivity index (χ0v) is 11.3. The van der Waals surface area contributed by atoms with Crippen molar-refractivity contribution in [3.05, 3.63) is 17.5 Å². The lowest BCUT2D eigenvalue weighted by molar-refractivity contribution is -0.142. The molecular weight excluding hydrogens is 275 g/mol. The smallest absolute Gasteiger partial charge is 0.377 e. The Morgan fingerprint density at radius 3 is 2.80 bits per heavy atom. The zero-order chi connectivity index (χ0) is 14.9. The van der Waals surface area contributed by atoms with E-state index in [1.807, 2.05) is 0 Å². The average molecular weight is 291 g/mol. The number of hydrogen-bond donors (Lipinski definition) is 0. The van der Waals surface area contributed by atoms with Gasteiger partial charge in [-0.3, -0.25) is 9.48 Å². The Hall–Kier alpha value is -1.57. The van der Waals surface area contributed by atoms with E-state index in [4.69, 9.17) is 4.74 Å². The summed E-state index contributed by atoms with van der Waals surface area (Å²) in [6.45, 7) is 4.63. The van der Waals surface area contributed by atoms with Crippen molar-refractivity contribution < 1.29 is 22.7 Å². The summed E-state index contributed by atoms with van der Waals surface area (Å²) in [5, 5.41) is 3.45. The second-order valence-corrected chi connectivity index (χ2v) is 4.67. The Morgan fingerprint density at radius 2 is 2.25 bits per heavy atom. The van der Waals surface area contributed by atoms with Crippen LogP contribution in [0.4, 0.5) is 13.2 Å². The molecule has 1 atom stereocenters. The van der Waals surface area contributed by atoms with Gasteiger partial charge in [0, 0.05) is 19.3 Å². The normalized spacial score (nSPS) is 20.2. The third-order valence-electron chi connectivity index (χ3n) is 3.21. The highest BCUT2D eigenvalue weighted by Gasteiger charge is 2.40. The predicted molar refractivity (Wildman–Crippen MR) is 64.2 cm³/mol. The highest BCUT2D eigenvalue weighted by atomic mass is 19.4. The summed E-state index contributed by atoms with van der Waals surface area (Å²) in [6.07, 6.45) is -3.48. The number of hydrogen-bond acceptors (Lipinski definition) is 3. The zero-order valence-electron chi connectivity index (χ0n) is 11.3. The largest absolute Gasteiger partial charge is 0.435 e. The SMILES string of the molecule is CCn1cc(C(=O)N2CCOC[C@H]2C)c(C(F)(F)F)n1. The minimum atomic E-state index is -4.64. The van der Waals surface area contributed by atoms with Crippen LogP contribution < -0.4 is 0 Å². The summed E-state index contributed by atoms with van der Waals surface area (Å²) < 4.78 is 45.2. The molecule has 8 heteroatoms. The lowest BCUT2D eigenvalue weighted by Crippen LogP contribution is -2.47. The van der Waals surface area contributed by atoms with Gasteiger partial charge in [0.1, 0.15) is 0 Å². The molecule has 0 N–H and O–H groups in total. The predicted octanol–water partition coefficient (Wildman–Crippen LogP) is 1.78. The van der Waals surface area contributed by atoms with E-state index in [0.29, 0.717) is 13.2 Å². The van der Waals surface area contributed by atoms with Gasteiger partial charge in [-0.1, -0.05) is 0 Å². The Labute approximate surface area is 114 Å². The molecule has 1 fully saturated rings. The van der Waals surface area contributed by atoms with Crippen LogP contribution in [-0.2, 0) is 17.5 Å². The number of rotatable bonds is 2. The minimum Gasteiger partial charge on any atom is -0.377 e. The first-order chi connectivity index (χ1) is 9.34. The van der Waals surface area contributed by atoms with Gasteiger partial charge in [-0.15, -0.1) is 0 Å². The van der Waals surface area contributed by atoms with Gasteiger partial charge in [0.15, 0.2) is 5.69 Å². The summed E-state index contributed by atoms with van der Waals surface area (Å²) in [5.41, 5.74) is -1.52. The summed E-state index contributed by atoms with van der Waals surface area (Å²) in [4.78, 5) is 13.7. The van der Waals surface area contributed by atoms with E-state index in [0.717, 1.165) is 10.9 Å². The summed E-state index contributed by atoms with van der Waals surface area (Å²) in [6, 6.07) is -0.248. The van der Waals surface area contributed by atoms with Crippen molar-refractivity contribution in [3.8, 4) is 0 Å². The first kappa shape index (κ1) is 14.8. The van der Waals surface area contributed by atoms with E-state index in [2.05, 4.69) is 5.10 Å². The van der Waals surface area contributed by atoms with E-state index in [-0.39, 0.29) is 19.1 Å². The lowest BCUT2D eigenvalue weighted by Gasteiger charge is -2.33. The van der Waals surface area contributed by atoms with Crippen LogP contribution in [0, 0.1) is 0 Å². The molecule has 0 aliphatic carbocycles. The molecule has 5 nitrogen and oxygen atoms in total. The van der Waals surface area contributed by atoms with Crippen molar-refractivity contribution >= 4 is 5.91 Å². The van der Waals surface area contributed by atoms with Crippen LogP contribution in [0.1, 0.15) is 29.9 Å². The first-order valence-corrected chi connectivity index (χ1v) is 6.38. The molecule has 0 unspecified atom stereocenters. The van der Waals surface area contributed by atoms with Crippen molar-refractivity contribution in [1.82, 2.24) is 14.7 Å². The standard InChI is InChI=1S/C12H16F3N3O2/c1-3-17-6-9(10(16-17)12(13,14)15)11(19)18-4-5-20-7-8(18)2/h6,8H,3-5,7H2,1-2H3/t8-/m1/s1. The fourth-order valence-electron chi connectivity index (χ4n) is 2.13. The summed E-state index contributed by atoms with van der Waals surface area (Å²) in [5.74, 6) is -0.646. The molecule has 2 heterocycles. The number of amides is 1. The van der Waals surface area contributed by atoms with Crippen LogP contribution in [0.25, 0.3) is 0 Å². The number of carbonyl (C=O) groups is 1. The molecule has 1 aliphatic heterocycles. The highest BCUT2D eigenvalue weighted by Crippen LogP contribution is 2.31. The Kier molecular flexibility index (Phi) is 4.03. The average Bonchev–Trinajstić information content (AvgIpc) is 2.82. The fraction of sp³-hybridized carbons (Fsp3) is 0.667. The molecule has 1 amide bonds. The van der Waals surface area contributed by atoms with Crippen LogP contribution in [0.3, 0.4) is 0 Å². The number of ether oxygens (including phenoxy) is 1. The maximum atomic E-state index is 13.0. The van der Waals surface area contributed by atoms with Crippen LogP contribution in [0.5, 0.6) is 0 Å². The lowest BCUT2D eigenvalue weighted by atomic mass is 10.1. The number of nitrogens with zero attached hydrogens (tertiary/aromatic N) is 3. The fourth-order valence-corrected chi connectivity index (χ4v) is 2.13. The Bertz CT molecular complexity index is 499. The van der Waals surface area contributed by atoms with Crippen LogP contribution in [0.15, 0.2) is 6.20 Å². The first-order valence-electron chi connectivity index (χ1n) is 6.38. The van der Waals surface area contributed by atoms with E-state index in [1.54, 1.807) is 13.8 Å². The molecule has 0 saturated carbocycles. The topological polar surface area (TPSA) is 47.4 Å². The van der Waals surface area contributed by atoms with Crippen molar-refractivity contribution in [1.29, 1.82) is 0 Å². The highest BCUT2D eigenvalue weighted by molar-refractivity contribution is 5.95. The number of aryl methyl sites for hydroxylation is 1. The number of halogens is 3. The monoisotopic (exact) mass is 291 g/mol. The molecule has 2 rings (SSSR count). The molecule has 0 aromatic carbocycles. The number of alkyl halides is 3. The molecule has 112 valence electrons. The third-order valence-corrected chi connectivity index (χ3v) is 3.21. The maximum absolute atomic E-state index is 13.0. The van der Waals surface area contributed by atoms with Crippen molar-refractivity contribution in [3.63, 3.8) is 0 Å². The second kappa shape index (κ2) is 5.43. The molecule has 1 saturated heterocycles. The van der Waals surface area contributed by atoms with Gasteiger partial charge in [0.05, 0.1) is 24.8 Å². The van der Waals surface area contributed by atoms with Gasteiger partial charge in [0.25, 0.3) is 5.91 Å². The van der Waals surface area contributed by atoms with Crippen molar-refractivity contribution in [2.75, 3.05) is 19.8 Å². The molecule has 0 bridgehead atoms. The summed E-state index contributed by atoms with van der Waals surface area (Å²) >= 11 is 0. The van der Waals surface area contributed by atoms with Crippen LogP contribution >= 0.6 is 0 Å². The quantitative estimate of drug-likeness (QED) is 0.834. The molecule has 1 aromatic rings. The molecule has 20 heavy (non-hydrogen) atoms. The number of aromatic nitrogens is 2. The van der Waals surface area contributed by atoms with E-state index < -0.39 is 23.3 Å². The molecule has 1 aliphatic rings. The van der Waals surface area contributed by atoms with Gasteiger partial charge in [-0.25, -0.2) is 0 Å². The Balaban J connectivity index is 2.35. The van der Waals surface area contributed by atoms with Gasteiger partial charge in [0.2, 0.25) is 0 Å². The molecule has 1 aromatic heterocycles. The summed E-state index contributed by atoms with van der Waals surface area (Å²) in [7, 11) is 0. The van der Waals surface area contributed by atoms with Crippen molar-refractivity contribution in [2.45, 2.75) is 32.6 Å². The van der Waals surface area contributed by atoms with Gasteiger partial charge in [-0.05, 0) is 13.8 Å². The van der Waals surface area contributed by atoms with Crippen LogP contribution in [-0.4, -0.2) is 46.4 Å². The number of carbonyl (C=O) groups excluding carboxylic acids is 1. The second-order valence-electron chi connectivity index (χ2n) is 4.67. The van der Waals surface area contributed by atoms with Gasteiger partial charge in [-0.2, -0.15) is 18.3 Å². The maximum Gasteiger partial charge on any atom is 0.435 e. The molecule has 0 spiro atoms. The van der Waals surface area contributed by atoms with E-state index in [9.17, 15) is 18.0 Å². The third kappa shape index (κ3) is 2.79. The van der Waals surface area contributed by atoms with Gasteiger partial charge < -0.3 is 9.64 Å². The molecule has 0 radical (unpaired) electrons. The van der Waals surface area contributed by atoms with Gasteiger partial charge >= 0.3 is 6.18 Å². The Morgan fingerprint density at radius 1 is 1.55 bits per heavy atom. The minimum absolute atomic E-state index is 0.248. The number of morpholine rings is 1.